The summed E-state index contributed by atoms with van der Waals surface area (Å²) >= 11 is 0. The normalized spacial score (nSPS) is 39.7. The smallest absolute Gasteiger partial charge is 0.0974 e. The molecule has 6 atom stereocenters. The molecule has 2 saturated carbocycles. The first-order valence-electron chi connectivity index (χ1n) is 14.3. The van der Waals surface area contributed by atoms with E-state index in [1.54, 1.807) is 16.7 Å². The van der Waals surface area contributed by atoms with Crippen molar-refractivity contribution in [3.8, 4) is 0 Å². The van der Waals surface area contributed by atoms with Gasteiger partial charge in [0, 0.05) is 6.04 Å². The third-order valence-electron chi connectivity index (χ3n) is 11.0. The summed E-state index contributed by atoms with van der Waals surface area (Å²) in [6, 6.07) is 16.7. The Kier molecular flexibility index (Phi) is 4.97. The summed E-state index contributed by atoms with van der Waals surface area (Å²) in [6.07, 6.45) is 16.4. The van der Waals surface area contributed by atoms with Gasteiger partial charge in [-0.25, -0.2) is 0 Å². The van der Waals surface area contributed by atoms with E-state index in [1.165, 1.54) is 75.1 Å². The number of hydrogen-bond acceptors (Lipinski definition) is 2. The molecule has 0 radical (unpaired) electrons. The predicted molar refractivity (Wildman–Crippen MR) is 145 cm³/mol. The fraction of sp³-hybridized carbons (Fsp3) is 0.576. The lowest BCUT2D eigenvalue weighted by atomic mass is 9.58. The summed E-state index contributed by atoms with van der Waals surface area (Å²) in [7, 11) is 2.33. The quantitative estimate of drug-likeness (QED) is 0.455. The van der Waals surface area contributed by atoms with Gasteiger partial charge in [0.25, 0.3) is 0 Å². The molecular formula is C33H41NO. The molecule has 2 spiro atoms. The number of ether oxygens (including phenoxy) is 1. The van der Waals surface area contributed by atoms with E-state index in [0.29, 0.717) is 17.9 Å². The second kappa shape index (κ2) is 7.80. The monoisotopic (exact) mass is 467 g/mol. The van der Waals surface area contributed by atoms with Gasteiger partial charge in [-0.05, 0) is 116 Å². The molecule has 2 unspecified atom stereocenters. The lowest BCUT2D eigenvalue weighted by molar-refractivity contribution is -0.140. The Balaban J connectivity index is 1.24. The van der Waals surface area contributed by atoms with Crippen LogP contribution in [0.4, 0.5) is 0 Å². The van der Waals surface area contributed by atoms with Crippen LogP contribution in [-0.2, 0) is 4.74 Å². The number of rotatable bonds is 4. The molecular weight excluding hydrogens is 426 g/mol. The largest absolute Gasteiger partial charge is 0.359 e. The van der Waals surface area contributed by atoms with Crippen molar-refractivity contribution in [1.82, 2.24) is 4.90 Å². The van der Waals surface area contributed by atoms with Crippen LogP contribution in [0.15, 0.2) is 65.8 Å². The summed E-state index contributed by atoms with van der Waals surface area (Å²) in [5, 5.41) is 2.74. The molecule has 0 amide bonds. The van der Waals surface area contributed by atoms with E-state index in [-0.39, 0.29) is 16.6 Å². The van der Waals surface area contributed by atoms with E-state index in [9.17, 15) is 0 Å². The predicted octanol–water partition coefficient (Wildman–Crippen LogP) is 7.79. The summed E-state index contributed by atoms with van der Waals surface area (Å²) in [5.74, 6) is 1.24. The number of allylic oxidation sites excluding steroid dienone is 1. The molecule has 3 fully saturated rings. The molecule has 184 valence electrons. The maximum Gasteiger partial charge on any atom is 0.0974 e. The Morgan fingerprint density at radius 3 is 2.74 bits per heavy atom. The Morgan fingerprint density at radius 1 is 1.03 bits per heavy atom. The standard InChI is InChI=1S/C33H41NO/c1-4-19-34(3)28-12-11-26-21-27-15-16-31(2)29(25-10-9-23-7-5-6-8-24(23)20-25)13-14-30(31)33(27)18-17-32(26,22-28)35-33/h5-10,15,20-21,28-30H,4,11-14,16-19,22H2,1-3H3/t28-,29?,30+,31+,32+,33?/m0/s1. The third-order valence-corrected chi connectivity index (χ3v) is 11.0. The summed E-state index contributed by atoms with van der Waals surface area (Å²) in [4.78, 5) is 2.61. The Labute approximate surface area is 211 Å². The minimum absolute atomic E-state index is 0.00153. The van der Waals surface area contributed by atoms with Crippen molar-refractivity contribution in [1.29, 1.82) is 0 Å². The molecule has 3 aliphatic carbocycles. The van der Waals surface area contributed by atoms with Crippen LogP contribution in [0.5, 0.6) is 0 Å². The molecule has 5 aliphatic rings. The van der Waals surface area contributed by atoms with Crippen LogP contribution in [0.1, 0.15) is 83.1 Å². The number of hydrogen-bond donors (Lipinski definition) is 0. The van der Waals surface area contributed by atoms with Gasteiger partial charge in [0.05, 0.1) is 11.2 Å². The lowest BCUT2D eigenvalue weighted by Crippen LogP contribution is -2.55. The van der Waals surface area contributed by atoms with Gasteiger partial charge in [-0.15, -0.1) is 0 Å². The molecule has 1 saturated heterocycles. The molecule has 0 N–H and O–H groups in total. The Morgan fingerprint density at radius 2 is 1.89 bits per heavy atom. The molecule has 0 aromatic heterocycles. The number of benzene rings is 2. The highest BCUT2D eigenvalue weighted by molar-refractivity contribution is 5.83. The highest BCUT2D eigenvalue weighted by Gasteiger charge is 2.66. The topological polar surface area (TPSA) is 12.5 Å². The van der Waals surface area contributed by atoms with E-state index in [4.69, 9.17) is 4.74 Å². The average Bonchev–Trinajstić information content (AvgIpc) is 3.38. The highest BCUT2D eigenvalue weighted by Crippen LogP contribution is 2.69. The molecule has 35 heavy (non-hydrogen) atoms. The van der Waals surface area contributed by atoms with Crippen molar-refractivity contribution in [3.05, 3.63) is 71.3 Å². The van der Waals surface area contributed by atoms with Crippen molar-refractivity contribution >= 4 is 10.8 Å². The van der Waals surface area contributed by atoms with Crippen LogP contribution in [0.25, 0.3) is 10.8 Å². The minimum Gasteiger partial charge on any atom is -0.359 e. The zero-order chi connectivity index (χ0) is 23.8. The molecule has 2 heterocycles. The van der Waals surface area contributed by atoms with E-state index in [1.807, 2.05) is 0 Å². The third kappa shape index (κ3) is 3.08. The zero-order valence-electron chi connectivity index (χ0n) is 21.9. The van der Waals surface area contributed by atoms with Crippen LogP contribution in [-0.4, -0.2) is 35.7 Å². The van der Waals surface area contributed by atoms with Crippen molar-refractivity contribution < 1.29 is 4.74 Å². The molecule has 2 aromatic rings. The Bertz CT molecular complexity index is 1230. The maximum atomic E-state index is 7.51. The first kappa shape index (κ1) is 22.3. The highest BCUT2D eigenvalue weighted by atomic mass is 16.5. The van der Waals surface area contributed by atoms with Gasteiger partial charge in [-0.1, -0.05) is 68.5 Å². The molecule has 2 aliphatic heterocycles. The van der Waals surface area contributed by atoms with Crippen LogP contribution >= 0.6 is 0 Å². The molecule has 2 bridgehead atoms. The maximum absolute atomic E-state index is 7.51. The van der Waals surface area contributed by atoms with Gasteiger partial charge in [0.15, 0.2) is 0 Å². The van der Waals surface area contributed by atoms with E-state index in [0.717, 1.165) is 0 Å². The summed E-state index contributed by atoms with van der Waals surface area (Å²) < 4.78 is 7.51. The summed E-state index contributed by atoms with van der Waals surface area (Å²) in [6.45, 7) is 6.10. The van der Waals surface area contributed by atoms with E-state index < -0.39 is 0 Å². The van der Waals surface area contributed by atoms with Crippen LogP contribution in [0, 0.1) is 11.3 Å². The fourth-order valence-electron chi connectivity index (χ4n) is 9.27. The average molecular weight is 468 g/mol. The minimum atomic E-state index is -0.0483. The first-order chi connectivity index (χ1) is 17.0. The van der Waals surface area contributed by atoms with Gasteiger partial charge in [0.1, 0.15) is 0 Å². The van der Waals surface area contributed by atoms with Gasteiger partial charge >= 0.3 is 0 Å². The fourth-order valence-corrected chi connectivity index (χ4v) is 9.27. The molecule has 7 rings (SSSR count). The molecule has 2 aromatic carbocycles. The second-order valence-electron chi connectivity index (χ2n) is 12.7. The van der Waals surface area contributed by atoms with E-state index >= 15 is 0 Å². The number of nitrogens with zero attached hydrogens (tertiary/aromatic N) is 1. The summed E-state index contributed by atoms with van der Waals surface area (Å²) in [5.41, 5.74) is 4.93. The van der Waals surface area contributed by atoms with Crippen molar-refractivity contribution in [2.24, 2.45) is 11.3 Å². The van der Waals surface area contributed by atoms with Gasteiger partial charge in [0.2, 0.25) is 0 Å². The van der Waals surface area contributed by atoms with Crippen molar-refractivity contribution in [3.63, 3.8) is 0 Å². The zero-order valence-corrected chi connectivity index (χ0v) is 21.9. The number of fused-ring (bicyclic) bond motifs is 2. The van der Waals surface area contributed by atoms with E-state index in [2.05, 4.69) is 80.4 Å². The van der Waals surface area contributed by atoms with Crippen molar-refractivity contribution in [2.75, 3.05) is 13.6 Å². The SMILES string of the molecule is CCCN(C)[C@H]1CCC2=CC3=CC[C@]4(C)C(c5ccc6ccccc6c5)CC[C@H]4C34CC[C@]2(C1)O4. The molecule has 2 heteroatoms. The van der Waals surface area contributed by atoms with Gasteiger partial charge in [-0.3, -0.25) is 0 Å². The van der Waals surface area contributed by atoms with Crippen molar-refractivity contribution in [2.45, 2.75) is 94.8 Å². The van der Waals surface area contributed by atoms with Crippen LogP contribution < -0.4 is 0 Å². The molecule has 2 nitrogen and oxygen atoms in total. The van der Waals surface area contributed by atoms with Gasteiger partial charge in [-0.2, -0.15) is 0 Å². The first-order valence-corrected chi connectivity index (χ1v) is 14.3. The lowest BCUT2D eigenvalue weighted by Gasteiger charge is -2.55. The van der Waals surface area contributed by atoms with Crippen LogP contribution in [0.2, 0.25) is 0 Å². The van der Waals surface area contributed by atoms with Crippen LogP contribution in [0.3, 0.4) is 0 Å². The Hall–Kier alpha value is -1.90. The van der Waals surface area contributed by atoms with Gasteiger partial charge < -0.3 is 9.64 Å². The second-order valence-corrected chi connectivity index (χ2v) is 12.7.